The van der Waals surface area contributed by atoms with Crippen molar-refractivity contribution >= 4 is 34.9 Å². The first-order valence-electron chi connectivity index (χ1n) is 9.15. The van der Waals surface area contributed by atoms with Gasteiger partial charge in [0.2, 0.25) is 5.91 Å². The highest BCUT2D eigenvalue weighted by atomic mass is 32.1. The molecule has 0 radical (unpaired) electrons. The van der Waals surface area contributed by atoms with Crippen LogP contribution in [-0.4, -0.2) is 34.8 Å². The predicted molar refractivity (Wildman–Crippen MR) is 107 cm³/mol. The van der Waals surface area contributed by atoms with Crippen molar-refractivity contribution in [2.45, 2.75) is 31.2 Å². The van der Waals surface area contributed by atoms with Gasteiger partial charge in [-0.25, -0.2) is 4.79 Å². The third kappa shape index (κ3) is 3.64. The zero-order valence-electron chi connectivity index (χ0n) is 15.2. The number of carbonyl (C=O) groups is 3. The summed E-state index contributed by atoms with van der Waals surface area (Å²) < 4.78 is 0. The Balaban J connectivity index is 1.41. The van der Waals surface area contributed by atoms with E-state index in [0.29, 0.717) is 18.5 Å². The lowest BCUT2D eigenvalue weighted by Crippen LogP contribution is -2.44. The topological polar surface area (TPSA) is 78.5 Å². The molecule has 1 aliphatic heterocycles. The lowest BCUT2D eigenvalue weighted by atomic mass is 9.98. The Morgan fingerprint density at radius 1 is 1.18 bits per heavy atom. The summed E-state index contributed by atoms with van der Waals surface area (Å²) in [5, 5.41) is 7.49. The van der Waals surface area contributed by atoms with Gasteiger partial charge in [-0.15, -0.1) is 11.3 Å². The highest BCUT2D eigenvalue weighted by Crippen LogP contribution is 2.34. The molecule has 2 N–H and O–H groups in total. The molecule has 6 nitrogen and oxygen atoms in total. The normalized spacial score (nSPS) is 17.4. The van der Waals surface area contributed by atoms with Crippen LogP contribution in [-0.2, 0) is 9.59 Å². The SMILES string of the molecule is O=C(CN1C(=O)NC2(CCCC2)C1=O)Nc1cccc(C#Cc2cccs2)c1. The molecule has 1 spiro atoms. The van der Waals surface area contributed by atoms with Crippen LogP contribution in [0.15, 0.2) is 41.8 Å². The van der Waals surface area contributed by atoms with E-state index < -0.39 is 17.5 Å². The molecule has 1 aromatic carbocycles. The van der Waals surface area contributed by atoms with Crippen LogP contribution in [0.4, 0.5) is 10.5 Å². The van der Waals surface area contributed by atoms with Crippen molar-refractivity contribution in [3.63, 3.8) is 0 Å². The summed E-state index contributed by atoms with van der Waals surface area (Å²) in [5.41, 5.74) is 0.547. The van der Waals surface area contributed by atoms with Crippen molar-refractivity contribution in [3.8, 4) is 11.8 Å². The van der Waals surface area contributed by atoms with Gasteiger partial charge in [0.05, 0.1) is 4.88 Å². The molecule has 2 aliphatic rings. The number of hydrogen-bond acceptors (Lipinski definition) is 4. The highest BCUT2D eigenvalue weighted by Gasteiger charge is 2.52. The second kappa shape index (κ2) is 7.49. The molecule has 0 unspecified atom stereocenters. The molecule has 0 bridgehead atoms. The Morgan fingerprint density at radius 3 is 2.75 bits per heavy atom. The molecule has 0 atom stereocenters. The van der Waals surface area contributed by atoms with E-state index in [1.54, 1.807) is 29.5 Å². The molecular weight excluding hydrogens is 374 g/mol. The summed E-state index contributed by atoms with van der Waals surface area (Å²) in [6, 6.07) is 10.6. The van der Waals surface area contributed by atoms with Gasteiger partial charge >= 0.3 is 6.03 Å². The Kier molecular flexibility index (Phi) is 4.88. The molecule has 1 saturated heterocycles. The summed E-state index contributed by atoms with van der Waals surface area (Å²) in [6.45, 7) is -0.294. The number of nitrogens with zero attached hydrogens (tertiary/aromatic N) is 1. The molecule has 2 fully saturated rings. The molecule has 4 rings (SSSR count). The summed E-state index contributed by atoms with van der Waals surface area (Å²) in [4.78, 5) is 39.2. The van der Waals surface area contributed by atoms with Gasteiger partial charge in [0.1, 0.15) is 12.1 Å². The van der Waals surface area contributed by atoms with Crippen LogP contribution in [0.2, 0.25) is 0 Å². The first-order chi connectivity index (χ1) is 13.6. The minimum atomic E-state index is -0.797. The van der Waals surface area contributed by atoms with Crippen LogP contribution in [0.25, 0.3) is 0 Å². The van der Waals surface area contributed by atoms with Crippen LogP contribution < -0.4 is 10.6 Å². The second-order valence-corrected chi connectivity index (χ2v) is 7.91. The maximum absolute atomic E-state index is 12.6. The smallest absolute Gasteiger partial charge is 0.324 e. The van der Waals surface area contributed by atoms with E-state index in [9.17, 15) is 14.4 Å². The van der Waals surface area contributed by atoms with E-state index in [4.69, 9.17) is 0 Å². The largest absolute Gasteiger partial charge is 0.325 e. The van der Waals surface area contributed by atoms with Crippen LogP contribution in [0.3, 0.4) is 0 Å². The fourth-order valence-electron chi connectivity index (χ4n) is 3.64. The summed E-state index contributed by atoms with van der Waals surface area (Å²) in [7, 11) is 0. The monoisotopic (exact) mass is 393 g/mol. The number of urea groups is 1. The van der Waals surface area contributed by atoms with Gasteiger partial charge < -0.3 is 10.6 Å². The minimum absolute atomic E-state index is 0.291. The number of hydrogen-bond donors (Lipinski definition) is 2. The molecule has 1 aromatic heterocycles. The average Bonchev–Trinajstić information content (AvgIpc) is 3.40. The summed E-state index contributed by atoms with van der Waals surface area (Å²) >= 11 is 1.56. The van der Waals surface area contributed by atoms with E-state index in [1.807, 2.05) is 23.6 Å². The molecule has 2 heterocycles. The molecule has 142 valence electrons. The first kappa shape index (κ1) is 18.3. The van der Waals surface area contributed by atoms with Gasteiger partial charge in [0.25, 0.3) is 5.91 Å². The first-order valence-corrected chi connectivity index (χ1v) is 10.0. The standard InChI is InChI=1S/C21H19N3O3S/c25-18(14-24-19(26)21(23-20(24)27)10-1-2-11-21)22-16-6-3-5-15(13-16)8-9-17-7-4-12-28-17/h3-7,12-13H,1-2,10-11,14H2,(H,22,25)(H,23,27). The molecule has 1 saturated carbocycles. The Morgan fingerprint density at radius 2 is 2.00 bits per heavy atom. The van der Waals surface area contributed by atoms with Crippen LogP contribution in [0.1, 0.15) is 36.1 Å². The molecule has 1 aliphatic carbocycles. The Hall–Kier alpha value is -3.11. The maximum atomic E-state index is 12.6. The predicted octanol–water partition coefficient (Wildman–Crippen LogP) is 2.95. The van der Waals surface area contributed by atoms with Gasteiger partial charge in [-0.05, 0) is 42.5 Å². The number of anilines is 1. The fraction of sp³-hybridized carbons (Fsp3) is 0.286. The third-order valence-electron chi connectivity index (χ3n) is 5.00. The van der Waals surface area contributed by atoms with E-state index in [0.717, 1.165) is 28.2 Å². The van der Waals surface area contributed by atoms with Gasteiger partial charge in [0, 0.05) is 11.3 Å². The number of thiophene rings is 1. The zero-order valence-corrected chi connectivity index (χ0v) is 16.0. The molecular formula is C21H19N3O3S. The Bertz CT molecular complexity index is 982. The lowest BCUT2D eigenvalue weighted by Gasteiger charge is -2.19. The van der Waals surface area contributed by atoms with Gasteiger partial charge in [-0.3, -0.25) is 14.5 Å². The molecule has 2 aromatic rings. The number of benzene rings is 1. The number of imide groups is 1. The fourth-order valence-corrected chi connectivity index (χ4v) is 4.21. The quantitative estimate of drug-likeness (QED) is 0.622. The van der Waals surface area contributed by atoms with Crippen molar-refractivity contribution in [2.24, 2.45) is 0 Å². The average molecular weight is 393 g/mol. The lowest BCUT2D eigenvalue weighted by molar-refractivity contribution is -0.133. The Labute approximate surface area is 166 Å². The van der Waals surface area contributed by atoms with Crippen LogP contribution in [0, 0.1) is 11.8 Å². The van der Waals surface area contributed by atoms with Crippen molar-refractivity contribution in [1.82, 2.24) is 10.2 Å². The molecule has 28 heavy (non-hydrogen) atoms. The second-order valence-electron chi connectivity index (χ2n) is 6.97. The van der Waals surface area contributed by atoms with Gasteiger partial charge in [-0.1, -0.05) is 36.8 Å². The van der Waals surface area contributed by atoms with Crippen LogP contribution in [0.5, 0.6) is 0 Å². The minimum Gasteiger partial charge on any atom is -0.324 e. The van der Waals surface area contributed by atoms with E-state index in [1.165, 1.54) is 0 Å². The highest BCUT2D eigenvalue weighted by molar-refractivity contribution is 7.10. The van der Waals surface area contributed by atoms with Crippen molar-refractivity contribution in [3.05, 3.63) is 52.2 Å². The zero-order chi connectivity index (χ0) is 19.6. The number of amides is 4. The maximum Gasteiger partial charge on any atom is 0.325 e. The molecule has 4 amide bonds. The number of nitrogens with one attached hydrogen (secondary N) is 2. The van der Waals surface area contributed by atoms with Crippen molar-refractivity contribution < 1.29 is 14.4 Å². The number of carbonyl (C=O) groups excluding carboxylic acids is 3. The number of rotatable bonds is 3. The van der Waals surface area contributed by atoms with E-state index in [2.05, 4.69) is 22.5 Å². The van der Waals surface area contributed by atoms with Crippen molar-refractivity contribution in [2.75, 3.05) is 11.9 Å². The summed E-state index contributed by atoms with van der Waals surface area (Å²) in [5.74, 6) is 5.43. The van der Waals surface area contributed by atoms with Gasteiger partial charge in [-0.2, -0.15) is 0 Å². The van der Waals surface area contributed by atoms with Crippen molar-refractivity contribution in [1.29, 1.82) is 0 Å². The summed E-state index contributed by atoms with van der Waals surface area (Å²) in [6.07, 6.45) is 3.10. The molecule has 7 heteroatoms. The van der Waals surface area contributed by atoms with E-state index in [-0.39, 0.29) is 12.5 Å². The van der Waals surface area contributed by atoms with Crippen LogP contribution >= 0.6 is 11.3 Å². The van der Waals surface area contributed by atoms with E-state index >= 15 is 0 Å². The third-order valence-corrected chi connectivity index (χ3v) is 5.79. The van der Waals surface area contributed by atoms with Gasteiger partial charge in [0.15, 0.2) is 0 Å².